The molecule has 2 rings (SSSR count). The summed E-state index contributed by atoms with van der Waals surface area (Å²) in [6.07, 6.45) is -4.49. The van der Waals surface area contributed by atoms with E-state index in [0.717, 1.165) is 6.07 Å². The maximum atomic E-state index is 13.1. The molecule has 0 atom stereocenters. The van der Waals surface area contributed by atoms with Crippen molar-refractivity contribution in [1.29, 1.82) is 0 Å². The molecule has 1 aromatic carbocycles. The van der Waals surface area contributed by atoms with Crippen LogP contribution in [0.4, 0.5) is 19.1 Å². The van der Waals surface area contributed by atoms with Gasteiger partial charge in [0.2, 0.25) is 5.88 Å². The molecule has 0 fully saturated rings. The van der Waals surface area contributed by atoms with Crippen molar-refractivity contribution in [3.63, 3.8) is 0 Å². The summed E-state index contributed by atoms with van der Waals surface area (Å²) in [4.78, 5) is 0. The van der Waals surface area contributed by atoms with Crippen LogP contribution in [-0.4, -0.2) is 5.16 Å². The predicted molar refractivity (Wildman–Crippen MR) is 73.1 cm³/mol. The van der Waals surface area contributed by atoms with Crippen molar-refractivity contribution in [2.75, 3.05) is 5.73 Å². The summed E-state index contributed by atoms with van der Waals surface area (Å²) in [7, 11) is 0. The lowest BCUT2D eigenvalue weighted by Crippen LogP contribution is -2.08. The van der Waals surface area contributed by atoms with Crippen LogP contribution in [0.5, 0.6) is 0 Å². The maximum absolute atomic E-state index is 13.1. The van der Waals surface area contributed by atoms with E-state index in [1.807, 2.05) is 13.8 Å². The van der Waals surface area contributed by atoms with Gasteiger partial charge < -0.3 is 10.3 Å². The number of nitrogens with zero attached hydrogens (tertiary/aromatic N) is 1. The van der Waals surface area contributed by atoms with E-state index in [2.05, 4.69) is 21.1 Å². The van der Waals surface area contributed by atoms with E-state index >= 15 is 0 Å². The fraction of sp³-hybridized carbons (Fsp3) is 0.308. The van der Waals surface area contributed by atoms with E-state index in [9.17, 15) is 13.2 Å². The van der Waals surface area contributed by atoms with E-state index in [-0.39, 0.29) is 23.1 Å². The molecular formula is C13H12BrF3N2O. The average molecular weight is 349 g/mol. The van der Waals surface area contributed by atoms with Gasteiger partial charge in [0, 0.05) is 15.6 Å². The molecular weight excluding hydrogens is 337 g/mol. The Balaban J connectivity index is 2.71. The molecule has 2 N–H and O–H groups in total. The van der Waals surface area contributed by atoms with Gasteiger partial charge in [0.1, 0.15) is 5.69 Å². The quantitative estimate of drug-likeness (QED) is 0.845. The first kappa shape index (κ1) is 14.9. The summed E-state index contributed by atoms with van der Waals surface area (Å²) in [5.41, 5.74) is 5.46. The van der Waals surface area contributed by atoms with Gasteiger partial charge in [0.05, 0.1) is 5.56 Å². The first-order chi connectivity index (χ1) is 9.21. The lowest BCUT2D eigenvalue weighted by atomic mass is 9.95. The van der Waals surface area contributed by atoms with Gasteiger partial charge in [-0.05, 0) is 18.1 Å². The molecule has 1 aromatic heterocycles. The van der Waals surface area contributed by atoms with Crippen molar-refractivity contribution in [2.45, 2.75) is 25.9 Å². The van der Waals surface area contributed by atoms with Crippen LogP contribution in [0.3, 0.4) is 0 Å². The molecule has 0 bridgehead atoms. The summed E-state index contributed by atoms with van der Waals surface area (Å²) < 4.78 is 44.6. The minimum absolute atomic E-state index is 0.0372. The number of hydrogen-bond acceptors (Lipinski definition) is 3. The van der Waals surface area contributed by atoms with E-state index in [0.29, 0.717) is 10.0 Å². The van der Waals surface area contributed by atoms with E-state index in [4.69, 9.17) is 10.3 Å². The zero-order valence-corrected chi connectivity index (χ0v) is 12.3. The predicted octanol–water partition coefficient (Wildman–Crippen LogP) is 4.83. The minimum atomic E-state index is -4.49. The fourth-order valence-corrected chi connectivity index (χ4v) is 2.38. The molecule has 3 nitrogen and oxygen atoms in total. The number of benzene rings is 1. The van der Waals surface area contributed by atoms with Crippen LogP contribution in [0, 0.1) is 0 Å². The van der Waals surface area contributed by atoms with Crippen molar-refractivity contribution in [3.05, 3.63) is 33.8 Å². The highest BCUT2D eigenvalue weighted by Gasteiger charge is 2.35. The SMILES string of the molecule is CC(C)c1c(-c2ccc(Br)cc2C(F)(F)F)noc1N. The molecule has 0 unspecified atom stereocenters. The van der Waals surface area contributed by atoms with Crippen LogP contribution in [0.1, 0.15) is 30.9 Å². The normalized spacial score (nSPS) is 12.2. The molecule has 0 saturated carbocycles. The Morgan fingerprint density at radius 1 is 1.30 bits per heavy atom. The monoisotopic (exact) mass is 348 g/mol. The molecule has 0 aliphatic carbocycles. The van der Waals surface area contributed by atoms with Crippen molar-refractivity contribution in [2.24, 2.45) is 0 Å². The second-order valence-electron chi connectivity index (χ2n) is 4.65. The summed E-state index contributed by atoms with van der Waals surface area (Å²) in [5.74, 6) is -0.0491. The topological polar surface area (TPSA) is 52.0 Å². The Labute approximate surface area is 122 Å². The lowest BCUT2D eigenvalue weighted by molar-refractivity contribution is -0.137. The average Bonchev–Trinajstić information content (AvgIpc) is 2.70. The molecule has 2 aromatic rings. The molecule has 0 amide bonds. The number of alkyl halides is 3. The van der Waals surface area contributed by atoms with Gasteiger partial charge in [-0.3, -0.25) is 0 Å². The standard InChI is InChI=1S/C13H12BrF3N2O/c1-6(2)10-11(19-20-12(10)18)8-4-3-7(14)5-9(8)13(15,16)17/h3-6H,18H2,1-2H3. The van der Waals surface area contributed by atoms with Crippen LogP contribution in [0.25, 0.3) is 11.3 Å². The van der Waals surface area contributed by atoms with Crippen LogP contribution in [0.2, 0.25) is 0 Å². The van der Waals surface area contributed by atoms with Gasteiger partial charge in [0.15, 0.2) is 0 Å². The summed E-state index contributed by atoms with van der Waals surface area (Å²) in [5, 5.41) is 3.70. The highest BCUT2D eigenvalue weighted by molar-refractivity contribution is 9.10. The number of rotatable bonds is 2. The van der Waals surface area contributed by atoms with Gasteiger partial charge in [-0.1, -0.05) is 41.0 Å². The summed E-state index contributed by atoms with van der Waals surface area (Å²) >= 11 is 3.05. The largest absolute Gasteiger partial charge is 0.417 e. The van der Waals surface area contributed by atoms with Crippen LogP contribution < -0.4 is 5.73 Å². The van der Waals surface area contributed by atoms with Crippen molar-refractivity contribution >= 4 is 21.8 Å². The van der Waals surface area contributed by atoms with E-state index in [1.165, 1.54) is 12.1 Å². The number of hydrogen-bond donors (Lipinski definition) is 1. The van der Waals surface area contributed by atoms with Crippen molar-refractivity contribution < 1.29 is 17.7 Å². The Hall–Kier alpha value is -1.50. The van der Waals surface area contributed by atoms with E-state index < -0.39 is 11.7 Å². The number of halogens is 4. The Morgan fingerprint density at radius 2 is 1.95 bits per heavy atom. The van der Waals surface area contributed by atoms with Gasteiger partial charge in [-0.2, -0.15) is 13.2 Å². The zero-order valence-electron chi connectivity index (χ0n) is 10.8. The van der Waals surface area contributed by atoms with Gasteiger partial charge >= 0.3 is 6.18 Å². The third kappa shape index (κ3) is 2.67. The number of aromatic nitrogens is 1. The molecule has 0 radical (unpaired) electrons. The Bertz CT molecular complexity index is 635. The summed E-state index contributed by atoms with van der Waals surface area (Å²) in [6, 6.07) is 3.90. The van der Waals surface area contributed by atoms with Gasteiger partial charge in [-0.15, -0.1) is 0 Å². The lowest BCUT2D eigenvalue weighted by Gasteiger charge is -2.13. The van der Waals surface area contributed by atoms with E-state index in [1.54, 1.807) is 0 Å². The van der Waals surface area contributed by atoms with Crippen LogP contribution in [0.15, 0.2) is 27.2 Å². The molecule has 20 heavy (non-hydrogen) atoms. The molecule has 0 saturated heterocycles. The molecule has 1 heterocycles. The molecule has 7 heteroatoms. The van der Waals surface area contributed by atoms with Crippen molar-refractivity contribution in [1.82, 2.24) is 5.16 Å². The van der Waals surface area contributed by atoms with Crippen LogP contribution >= 0.6 is 15.9 Å². The number of nitrogen functional groups attached to an aromatic ring is 1. The van der Waals surface area contributed by atoms with Gasteiger partial charge in [-0.25, -0.2) is 0 Å². The zero-order chi connectivity index (χ0) is 15.1. The number of anilines is 1. The first-order valence-electron chi connectivity index (χ1n) is 5.84. The molecule has 0 spiro atoms. The first-order valence-corrected chi connectivity index (χ1v) is 6.63. The van der Waals surface area contributed by atoms with Crippen LogP contribution in [-0.2, 0) is 6.18 Å². The maximum Gasteiger partial charge on any atom is 0.417 e. The number of nitrogens with two attached hydrogens (primary N) is 1. The molecule has 108 valence electrons. The smallest absolute Gasteiger partial charge is 0.367 e. The third-order valence-corrected chi connectivity index (χ3v) is 3.37. The molecule has 0 aliphatic rings. The summed E-state index contributed by atoms with van der Waals surface area (Å²) in [6.45, 7) is 3.64. The Kier molecular flexibility index (Phi) is 3.82. The molecule has 0 aliphatic heterocycles. The second kappa shape index (κ2) is 5.12. The Morgan fingerprint density at radius 3 is 2.50 bits per heavy atom. The van der Waals surface area contributed by atoms with Gasteiger partial charge in [0.25, 0.3) is 0 Å². The third-order valence-electron chi connectivity index (χ3n) is 2.88. The minimum Gasteiger partial charge on any atom is -0.367 e. The fourth-order valence-electron chi connectivity index (χ4n) is 2.02. The highest BCUT2D eigenvalue weighted by atomic mass is 79.9. The highest BCUT2D eigenvalue weighted by Crippen LogP contribution is 2.41. The van der Waals surface area contributed by atoms with Crippen molar-refractivity contribution in [3.8, 4) is 11.3 Å². The second-order valence-corrected chi connectivity index (χ2v) is 5.57.